The van der Waals surface area contributed by atoms with Gasteiger partial charge in [-0.1, -0.05) is 25.7 Å². The van der Waals surface area contributed by atoms with E-state index in [1.54, 1.807) is 4.68 Å². The van der Waals surface area contributed by atoms with E-state index in [2.05, 4.69) is 41.1 Å². The smallest absolute Gasteiger partial charge is 0.284 e. The summed E-state index contributed by atoms with van der Waals surface area (Å²) in [7, 11) is -5.12. The number of nitrogens with one attached hydrogen (secondary N) is 1. The van der Waals surface area contributed by atoms with E-state index >= 15 is 0 Å². The number of nitrogens with zero attached hydrogens (tertiary/aromatic N) is 4. The summed E-state index contributed by atoms with van der Waals surface area (Å²) in [5, 5.41) is 17.2. The average molecular weight is 534 g/mol. The number of aryl methyl sites for hydroxylation is 2. The van der Waals surface area contributed by atoms with Crippen LogP contribution in [0.1, 0.15) is 41.5 Å². The molecule has 1 aromatic heterocycles. The molecule has 11 heteroatoms. The molecule has 198 valence electrons. The van der Waals surface area contributed by atoms with Crippen molar-refractivity contribution >= 4 is 29.7 Å². The highest BCUT2D eigenvalue weighted by molar-refractivity contribution is 7.89. The Balaban J connectivity index is 1.46. The third kappa shape index (κ3) is 5.26. The number of hydrogen-bond acceptors (Lipinski definition) is 7. The molecule has 5 rings (SSSR count). The fourth-order valence-corrected chi connectivity index (χ4v) is 7.65. The van der Waals surface area contributed by atoms with E-state index in [0.717, 1.165) is 50.3 Å². The second-order valence-corrected chi connectivity index (χ2v) is 19.1. The van der Waals surface area contributed by atoms with Crippen LogP contribution in [0.3, 0.4) is 0 Å². The van der Waals surface area contributed by atoms with Crippen LogP contribution in [0, 0.1) is 5.92 Å². The molecule has 2 aromatic rings. The maximum atomic E-state index is 13.4. The minimum atomic E-state index is -3.86. The van der Waals surface area contributed by atoms with E-state index in [1.165, 1.54) is 26.6 Å². The lowest BCUT2D eigenvalue weighted by molar-refractivity contribution is 0.0791. The van der Waals surface area contributed by atoms with Gasteiger partial charge in [-0.2, -0.15) is 9.29 Å². The summed E-state index contributed by atoms with van der Waals surface area (Å²) in [6.07, 6.45) is 7.14. The highest BCUT2D eigenvalue weighted by Crippen LogP contribution is 2.40. The number of aliphatic hydroxyl groups is 1. The van der Waals surface area contributed by atoms with Gasteiger partial charge in [-0.25, -0.2) is 13.1 Å². The van der Waals surface area contributed by atoms with Crippen LogP contribution in [0.2, 0.25) is 25.7 Å². The number of fused-ring (bicyclic) bond motifs is 2. The Labute approximate surface area is 215 Å². The van der Waals surface area contributed by atoms with E-state index < -0.39 is 18.1 Å². The van der Waals surface area contributed by atoms with E-state index in [4.69, 9.17) is 4.74 Å². The highest BCUT2D eigenvalue weighted by atomic mass is 32.2. The van der Waals surface area contributed by atoms with Crippen LogP contribution >= 0.6 is 0 Å². The van der Waals surface area contributed by atoms with Gasteiger partial charge in [-0.3, -0.25) is 0 Å². The van der Waals surface area contributed by atoms with Crippen molar-refractivity contribution in [3.05, 3.63) is 28.3 Å². The molecule has 0 amide bonds. The standard InChI is InChI=1S/C25H39N5O4SSi/c1-36(2,3)13-12-34-17-30-24(27-25(28-30)35(32,33)29-11-10-18(15-29)16-31)26-23-21-8-4-6-19(21)14-20-7-5-9-22(20)23/h14,18,31H,4-13,15-17H2,1-3H3,(H,26,27,28)/t18-/m0/s1. The van der Waals surface area contributed by atoms with Crippen molar-refractivity contribution < 1.29 is 18.3 Å². The second-order valence-electron chi connectivity index (χ2n) is 11.6. The Kier molecular flexibility index (Phi) is 7.30. The van der Waals surface area contributed by atoms with Crippen LogP contribution in [0.25, 0.3) is 0 Å². The third-order valence-corrected chi connectivity index (χ3v) is 11.0. The van der Waals surface area contributed by atoms with Gasteiger partial charge in [-0.05, 0) is 79.2 Å². The molecule has 0 radical (unpaired) electrons. The molecule has 2 heterocycles. The molecule has 1 fully saturated rings. The third-order valence-electron chi connectivity index (χ3n) is 7.65. The summed E-state index contributed by atoms with van der Waals surface area (Å²) in [6, 6.07) is 3.40. The largest absolute Gasteiger partial charge is 0.396 e. The normalized spacial score (nSPS) is 20.2. The molecule has 0 unspecified atom stereocenters. The molecule has 1 saturated heterocycles. The lowest BCUT2D eigenvalue weighted by atomic mass is 9.99. The summed E-state index contributed by atoms with van der Waals surface area (Å²) in [5.74, 6) is 0.368. The quantitative estimate of drug-likeness (QED) is 0.356. The van der Waals surface area contributed by atoms with Gasteiger partial charge in [0.05, 0.1) is 0 Å². The molecule has 9 nitrogen and oxygen atoms in total. The minimum absolute atomic E-state index is 0.0180. The summed E-state index contributed by atoms with van der Waals surface area (Å²) in [5.41, 5.74) is 6.56. The maximum Gasteiger partial charge on any atom is 0.284 e. The zero-order valence-corrected chi connectivity index (χ0v) is 23.5. The first-order valence-corrected chi connectivity index (χ1v) is 18.4. The van der Waals surface area contributed by atoms with Gasteiger partial charge in [-0.15, -0.1) is 5.10 Å². The Hall–Kier alpha value is -1.79. The molecule has 36 heavy (non-hydrogen) atoms. The molecule has 2 aliphatic carbocycles. The summed E-state index contributed by atoms with van der Waals surface area (Å²) in [4.78, 5) is 4.53. The van der Waals surface area contributed by atoms with Crippen molar-refractivity contribution in [2.75, 3.05) is 31.6 Å². The predicted octanol–water partition coefficient (Wildman–Crippen LogP) is 3.31. The van der Waals surface area contributed by atoms with Crippen molar-refractivity contribution in [2.24, 2.45) is 5.92 Å². The zero-order valence-electron chi connectivity index (χ0n) is 21.7. The predicted molar refractivity (Wildman–Crippen MR) is 142 cm³/mol. The Morgan fingerprint density at radius 3 is 2.44 bits per heavy atom. The van der Waals surface area contributed by atoms with Crippen molar-refractivity contribution in [3.63, 3.8) is 0 Å². The fraction of sp³-hybridized carbons (Fsp3) is 0.680. The van der Waals surface area contributed by atoms with Crippen LogP contribution in [0.4, 0.5) is 11.6 Å². The highest BCUT2D eigenvalue weighted by Gasteiger charge is 2.36. The van der Waals surface area contributed by atoms with Gasteiger partial charge in [0.15, 0.2) is 0 Å². The van der Waals surface area contributed by atoms with E-state index in [9.17, 15) is 13.5 Å². The topological polar surface area (TPSA) is 110 Å². The Bertz CT molecular complexity index is 1190. The van der Waals surface area contributed by atoms with Crippen LogP contribution in [-0.2, 0) is 47.2 Å². The van der Waals surface area contributed by atoms with Crippen molar-refractivity contribution in [1.29, 1.82) is 0 Å². The molecule has 0 saturated carbocycles. The molecule has 2 N–H and O–H groups in total. The molecule has 0 spiro atoms. The first-order valence-electron chi connectivity index (χ1n) is 13.2. The van der Waals surface area contributed by atoms with Crippen LogP contribution in [-0.4, -0.2) is 67.0 Å². The van der Waals surface area contributed by atoms with Gasteiger partial charge < -0.3 is 15.2 Å². The summed E-state index contributed by atoms with van der Waals surface area (Å²) >= 11 is 0. The first kappa shape index (κ1) is 25.8. The fourth-order valence-electron chi connectivity index (χ4n) is 5.50. The maximum absolute atomic E-state index is 13.4. The van der Waals surface area contributed by atoms with Gasteiger partial charge in [0.25, 0.3) is 15.2 Å². The number of aromatic nitrogens is 3. The SMILES string of the molecule is C[Si](C)(C)CCOCn1nc(S(=O)(=O)N2CC[C@H](CO)C2)nc1Nc1c2c(cc3c1CCC3)CCC2. The number of rotatable bonds is 10. The van der Waals surface area contributed by atoms with Gasteiger partial charge >= 0.3 is 0 Å². The molecular weight excluding hydrogens is 494 g/mol. The molecule has 3 aliphatic rings. The van der Waals surface area contributed by atoms with Crippen LogP contribution in [0.5, 0.6) is 0 Å². The summed E-state index contributed by atoms with van der Waals surface area (Å²) in [6.45, 7) is 8.31. The Morgan fingerprint density at radius 2 is 1.83 bits per heavy atom. The van der Waals surface area contributed by atoms with Crippen molar-refractivity contribution in [3.8, 4) is 0 Å². The number of hydrogen-bond donors (Lipinski definition) is 2. The van der Waals surface area contributed by atoms with Gasteiger partial charge in [0.2, 0.25) is 5.95 Å². The molecule has 1 aliphatic heterocycles. The number of anilines is 2. The van der Waals surface area contributed by atoms with Crippen LogP contribution < -0.4 is 5.32 Å². The lowest BCUT2D eigenvalue weighted by Crippen LogP contribution is -2.30. The average Bonchev–Trinajstić information content (AvgIpc) is 3.62. The molecule has 0 bridgehead atoms. The first-order chi connectivity index (χ1) is 17.2. The van der Waals surface area contributed by atoms with Gasteiger partial charge in [0.1, 0.15) is 6.73 Å². The second kappa shape index (κ2) is 10.2. The number of aliphatic hydroxyl groups excluding tert-OH is 1. The van der Waals surface area contributed by atoms with E-state index in [1.807, 2.05) is 0 Å². The van der Waals surface area contributed by atoms with Gasteiger partial charge in [0, 0.05) is 40.1 Å². The lowest BCUT2D eigenvalue weighted by Gasteiger charge is -2.18. The summed E-state index contributed by atoms with van der Waals surface area (Å²) < 4.78 is 35.7. The number of benzene rings is 1. The van der Waals surface area contributed by atoms with E-state index in [0.29, 0.717) is 32.1 Å². The number of sulfonamides is 1. The van der Waals surface area contributed by atoms with Crippen molar-refractivity contribution in [2.45, 2.75) is 82.5 Å². The Morgan fingerprint density at radius 1 is 1.14 bits per heavy atom. The molecule has 1 atom stereocenters. The number of ether oxygens (including phenoxy) is 1. The minimum Gasteiger partial charge on any atom is -0.396 e. The molecular formula is C25H39N5O4SSi. The van der Waals surface area contributed by atoms with Crippen LogP contribution in [0.15, 0.2) is 11.2 Å². The van der Waals surface area contributed by atoms with E-state index in [-0.39, 0.29) is 24.4 Å². The molecule has 1 aromatic carbocycles. The monoisotopic (exact) mass is 533 g/mol. The van der Waals surface area contributed by atoms with Crippen molar-refractivity contribution in [1.82, 2.24) is 19.1 Å². The zero-order chi connectivity index (χ0) is 25.5.